The van der Waals surface area contributed by atoms with E-state index in [1.807, 2.05) is 23.5 Å². The fourth-order valence-corrected chi connectivity index (χ4v) is 10.3. The zero-order chi connectivity index (χ0) is 36.7. The van der Waals surface area contributed by atoms with E-state index >= 15 is 0 Å². The summed E-state index contributed by atoms with van der Waals surface area (Å²) in [5.74, 6) is 0.335. The second-order valence-electron chi connectivity index (χ2n) is 14.9. The first-order valence-electron chi connectivity index (χ1n) is 19.2. The first-order chi connectivity index (χ1) is 27.7. The van der Waals surface area contributed by atoms with Crippen LogP contribution in [0.5, 0.6) is 0 Å². The van der Waals surface area contributed by atoms with Gasteiger partial charge in [-0.2, -0.15) is 0 Å². The van der Waals surface area contributed by atoms with E-state index in [0.29, 0.717) is 5.92 Å². The fourth-order valence-electron chi connectivity index (χ4n) is 9.16. The number of benzene rings is 8. The quantitative estimate of drug-likeness (QED) is 0.176. The molecule has 10 aromatic rings. The van der Waals surface area contributed by atoms with Crippen LogP contribution in [0.2, 0.25) is 0 Å². The summed E-state index contributed by atoms with van der Waals surface area (Å²) >= 11 is 1.85. The number of fused-ring (bicyclic) bond motifs is 11. The molecule has 2 unspecified atom stereocenters. The molecule has 1 aliphatic carbocycles. The Balaban J connectivity index is 0.927. The Labute approximate surface area is 328 Å². The van der Waals surface area contributed by atoms with Gasteiger partial charge in [-0.05, 0) is 82.7 Å². The van der Waals surface area contributed by atoms with Crippen molar-refractivity contribution in [3.05, 3.63) is 200 Å². The number of allylic oxidation sites excluding steroid dienone is 2. The van der Waals surface area contributed by atoms with E-state index in [4.69, 9.17) is 4.42 Å². The van der Waals surface area contributed by atoms with Crippen LogP contribution in [0.25, 0.3) is 64.0 Å². The van der Waals surface area contributed by atoms with Gasteiger partial charge in [0.05, 0.1) is 11.7 Å². The van der Waals surface area contributed by atoms with E-state index in [2.05, 4.69) is 192 Å². The molecule has 3 nitrogen and oxygen atoms in total. The molecule has 0 fully saturated rings. The van der Waals surface area contributed by atoms with Crippen molar-refractivity contribution in [1.82, 2.24) is 0 Å². The zero-order valence-corrected chi connectivity index (χ0v) is 31.2. The van der Waals surface area contributed by atoms with Crippen LogP contribution >= 0.6 is 11.3 Å². The lowest BCUT2D eigenvalue weighted by molar-refractivity contribution is 0.669. The summed E-state index contributed by atoms with van der Waals surface area (Å²) in [5, 5.41) is 7.43. The third kappa shape index (κ3) is 4.83. The molecular weight excluding hydrogens is 701 g/mol. The molecule has 0 N–H and O–H groups in total. The van der Waals surface area contributed by atoms with Gasteiger partial charge in [0, 0.05) is 71.1 Å². The van der Waals surface area contributed by atoms with Crippen molar-refractivity contribution in [2.45, 2.75) is 12.0 Å². The van der Waals surface area contributed by atoms with Gasteiger partial charge in [-0.3, -0.25) is 0 Å². The van der Waals surface area contributed by atoms with Crippen molar-refractivity contribution >= 4 is 92.7 Å². The predicted molar refractivity (Wildman–Crippen MR) is 238 cm³/mol. The van der Waals surface area contributed by atoms with Crippen molar-refractivity contribution in [2.24, 2.45) is 0 Å². The number of thiophene rings is 1. The van der Waals surface area contributed by atoms with Gasteiger partial charge in [-0.15, -0.1) is 11.3 Å². The highest BCUT2D eigenvalue weighted by Gasteiger charge is 2.38. The lowest BCUT2D eigenvalue weighted by Crippen LogP contribution is -2.28. The third-order valence-electron chi connectivity index (χ3n) is 11.8. The number of nitrogens with zero attached hydrogens (tertiary/aromatic N) is 2. The second-order valence-corrected chi connectivity index (χ2v) is 16.0. The molecular formula is C52H34N2OS. The Morgan fingerprint density at radius 2 is 1.12 bits per heavy atom. The number of anilines is 5. The Hall–Kier alpha value is -6.88. The van der Waals surface area contributed by atoms with Gasteiger partial charge < -0.3 is 14.2 Å². The molecule has 0 amide bonds. The summed E-state index contributed by atoms with van der Waals surface area (Å²) in [5.41, 5.74) is 11.3. The van der Waals surface area contributed by atoms with Crippen molar-refractivity contribution in [3.8, 4) is 11.1 Å². The molecule has 0 radical (unpaired) electrons. The van der Waals surface area contributed by atoms with E-state index in [0.717, 1.165) is 39.0 Å². The first-order valence-corrected chi connectivity index (χ1v) is 20.1. The molecule has 264 valence electrons. The Morgan fingerprint density at radius 3 is 1.98 bits per heavy atom. The van der Waals surface area contributed by atoms with Crippen molar-refractivity contribution in [3.63, 3.8) is 0 Å². The van der Waals surface area contributed by atoms with E-state index in [9.17, 15) is 0 Å². The maximum Gasteiger partial charge on any atom is 0.137 e. The van der Waals surface area contributed by atoms with Crippen LogP contribution in [0.1, 0.15) is 11.5 Å². The summed E-state index contributed by atoms with van der Waals surface area (Å²) in [4.78, 5) is 4.89. The van der Waals surface area contributed by atoms with Gasteiger partial charge in [-0.1, -0.05) is 127 Å². The summed E-state index contributed by atoms with van der Waals surface area (Å²) in [7, 11) is 0. The molecule has 12 rings (SSSR count). The molecule has 8 aromatic carbocycles. The van der Waals surface area contributed by atoms with E-state index < -0.39 is 0 Å². The Bertz CT molecular complexity index is 3110. The van der Waals surface area contributed by atoms with Crippen LogP contribution in [0.3, 0.4) is 0 Å². The van der Waals surface area contributed by atoms with Crippen molar-refractivity contribution < 1.29 is 4.42 Å². The largest absolute Gasteiger partial charge is 0.456 e. The minimum Gasteiger partial charge on any atom is -0.456 e. The normalized spacial score (nSPS) is 16.0. The van der Waals surface area contributed by atoms with E-state index in [1.54, 1.807) is 0 Å². The fraction of sp³-hybridized carbons (Fsp3) is 0.0385. The van der Waals surface area contributed by atoms with Crippen molar-refractivity contribution in [2.75, 3.05) is 9.80 Å². The van der Waals surface area contributed by atoms with Gasteiger partial charge in [0.15, 0.2) is 0 Å². The highest BCUT2D eigenvalue weighted by Crippen LogP contribution is 2.51. The van der Waals surface area contributed by atoms with E-state index in [-0.39, 0.29) is 6.04 Å². The number of para-hydroxylation sites is 1. The van der Waals surface area contributed by atoms with Gasteiger partial charge in [0.2, 0.25) is 0 Å². The van der Waals surface area contributed by atoms with Gasteiger partial charge in [0.25, 0.3) is 0 Å². The Morgan fingerprint density at radius 1 is 0.482 bits per heavy atom. The number of rotatable bonds is 5. The van der Waals surface area contributed by atoms with Crippen LogP contribution in [0, 0.1) is 0 Å². The average Bonchev–Trinajstić information content (AvgIpc) is 3.93. The molecule has 0 saturated carbocycles. The molecule has 56 heavy (non-hydrogen) atoms. The minimum absolute atomic E-state index is 0.252. The zero-order valence-electron chi connectivity index (χ0n) is 30.3. The maximum atomic E-state index is 6.38. The smallest absolute Gasteiger partial charge is 0.137 e. The number of hydrogen-bond donors (Lipinski definition) is 0. The molecule has 2 aliphatic rings. The standard InChI is InChI=1S/C52H34N2OS/c1-2-10-40-35(9-1)21-28-46-41-11-3-6-14-47(41)54(52(40)46)37-24-19-34(20-25-37)33-17-22-36(23-18-33)53(38-26-29-43-42-12-4-7-15-48(42)55-49(43)31-38)39-27-30-45-44-13-5-8-16-50(44)56-51(45)32-39/h1-32,41,47H. The molecule has 0 spiro atoms. The highest BCUT2D eigenvalue weighted by atomic mass is 32.1. The molecule has 2 aromatic heterocycles. The van der Waals surface area contributed by atoms with Crippen LogP contribution < -0.4 is 9.80 Å². The van der Waals surface area contributed by atoms with Gasteiger partial charge in [-0.25, -0.2) is 0 Å². The number of hydrogen-bond acceptors (Lipinski definition) is 4. The predicted octanol–water partition coefficient (Wildman–Crippen LogP) is 15.0. The van der Waals surface area contributed by atoms with Crippen LogP contribution in [-0.4, -0.2) is 6.04 Å². The van der Waals surface area contributed by atoms with Crippen LogP contribution in [0.4, 0.5) is 28.4 Å². The molecule has 4 heteroatoms. The molecule has 1 aliphatic heterocycles. The molecule has 3 heterocycles. The first kappa shape index (κ1) is 31.5. The summed E-state index contributed by atoms with van der Waals surface area (Å²) < 4.78 is 8.96. The summed E-state index contributed by atoms with van der Waals surface area (Å²) in [6, 6.07) is 62.1. The number of furan rings is 1. The minimum atomic E-state index is 0.252. The average molecular weight is 735 g/mol. The van der Waals surface area contributed by atoms with E-state index in [1.165, 1.54) is 59.0 Å². The molecule has 0 saturated heterocycles. The van der Waals surface area contributed by atoms with Gasteiger partial charge >= 0.3 is 0 Å². The van der Waals surface area contributed by atoms with Crippen LogP contribution in [-0.2, 0) is 0 Å². The lowest BCUT2D eigenvalue weighted by atomic mass is 9.90. The summed E-state index contributed by atoms with van der Waals surface area (Å²) in [6.07, 6.45) is 9.09. The highest BCUT2D eigenvalue weighted by molar-refractivity contribution is 7.25. The van der Waals surface area contributed by atoms with Gasteiger partial charge in [0.1, 0.15) is 11.2 Å². The SMILES string of the molecule is C1=CC2c3ccc4ccccc4c3N(c3ccc(-c4ccc(N(c5ccc6c(c5)oc5ccccc56)c5ccc6c(c5)sc5ccccc56)cc4)cc3)C2C=C1. The molecule has 0 bridgehead atoms. The maximum absolute atomic E-state index is 6.38. The Kier molecular flexibility index (Phi) is 6.92. The van der Waals surface area contributed by atoms with Crippen LogP contribution in [0.15, 0.2) is 199 Å². The topological polar surface area (TPSA) is 19.6 Å². The van der Waals surface area contributed by atoms with Crippen molar-refractivity contribution in [1.29, 1.82) is 0 Å². The lowest BCUT2D eigenvalue weighted by Gasteiger charge is -2.29. The molecule has 2 atom stereocenters. The third-order valence-corrected chi connectivity index (χ3v) is 12.9. The second kappa shape index (κ2) is 12.3. The monoisotopic (exact) mass is 734 g/mol. The summed E-state index contributed by atoms with van der Waals surface area (Å²) in [6.45, 7) is 0.